The first kappa shape index (κ1) is 9.99. The molecule has 0 saturated heterocycles. The lowest BCUT2D eigenvalue weighted by molar-refractivity contribution is 0.345. The summed E-state index contributed by atoms with van der Waals surface area (Å²) in [4.78, 5) is 0. The van der Waals surface area contributed by atoms with Gasteiger partial charge in [-0.25, -0.2) is 0 Å². The zero-order chi connectivity index (χ0) is 10.1. The average Bonchev–Trinajstić information content (AvgIpc) is 2.58. The lowest BCUT2D eigenvalue weighted by atomic mass is 10.2. The van der Waals surface area contributed by atoms with E-state index in [0.29, 0.717) is 6.61 Å². The first-order valence-corrected chi connectivity index (χ1v) is 6.20. The SMILES string of the molecule is CCOc1csc2c(C)ccc(Br)c12. The van der Waals surface area contributed by atoms with Gasteiger partial charge in [-0.15, -0.1) is 11.3 Å². The third-order valence-electron chi connectivity index (χ3n) is 2.13. The van der Waals surface area contributed by atoms with Crippen molar-refractivity contribution in [3.63, 3.8) is 0 Å². The highest BCUT2D eigenvalue weighted by atomic mass is 79.9. The van der Waals surface area contributed by atoms with Crippen LogP contribution in [0.15, 0.2) is 22.0 Å². The quantitative estimate of drug-likeness (QED) is 0.788. The minimum absolute atomic E-state index is 0.714. The van der Waals surface area contributed by atoms with Gasteiger partial charge in [0.2, 0.25) is 0 Å². The monoisotopic (exact) mass is 270 g/mol. The standard InChI is InChI=1S/C11H11BrOS/c1-3-13-9-6-14-11-7(2)4-5-8(12)10(9)11/h4-6H,3H2,1-2H3. The maximum atomic E-state index is 5.58. The van der Waals surface area contributed by atoms with Crippen molar-refractivity contribution in [3.8, 4) is 5.75 Å². The van der Waals surface area contributed by atoms with Gasteiger partial charge in [-0.1, -0.05) is 6.07 Å². The number of rotatable bonds is 2. The number of hydrogen-bond acceptors (Lipinski definition) is 2. The van der Waals surface area contributed by atoms with E-state index in [1.54, 1.807) is 11.3 Å². The molecule has 0 unspecified atom stereocenters. The van der Waals surface area contributed by atoms with Gasteiger partial charge in [-0.05, 0) is 41.4 Å². The molecule has 0 radical (unpaired) electrons. The molecule has 14 heavy (non-hydrogen) atoms. The van der Waals surface area contributed by atoms with E-state index in [1.165, 1.54) is 15.6 Å². The maximum absolute atomic E-state index is 5.58. The van der Waals surface area contributed by atoms with Crippen molar-refractivity contribution in [1.82, 2.24) is 0 Å². The van der Waals surface area contributed by atoms with Crippen LogP contribution in [0.4, 0.5) is 0 Å². The second-order valence-corrected chi connectivity index (χ2v) is 4.84. The van der Waals surface area contributed by atoms with E-state index in [9.17, 15) is 0 Å². The van der Waals surface area contributed by atoms with Crippen LogP contribution in [0.25, 0.3) is 10.1 Å². The van der Waals surface area contributed by atoms with Crippen LogP contribution in [0.2, 0.25) is 0 Å². The van der Waals surface area contributed by atoms with Crippen molar-refractivity contribution < 1.29 is 4.74 Å². The predicted octanol–water partition coefficient (Wildman–Crippen LogP) is 4.37. The fourth-order valence-electron chi connectivity index (χ4n) is 1.48. The zero-order valence-electron chi connectivity index (χ0n) is 8.13. The molecular formula is C11H11BrOS. The van der Waals surface area contributed by atoms with Crippen LogP contribution in [0.5, 0.6) is 5.75 Å². The summed E-state index contributed by atoms with van der Waals surface area (Å²) in [6, 6.07) is 4.20. The smallest absolute Gasteiger partial charge is 0.138 e. The summed E-state index contributed by atoms with van der Waals surface area (Å²) in [5.74, 6) is 0.989. The van der Waals surface area contributed by atoms with Crippen LogP contribution in [-0.4, -0.2) is 6.61 Å². The normalized spacial score (nSPS) is 10.8. The van der Waals surface area contributed by atoms with Gasteiger partial charge in [0, 0.05) is 19.9 Å². The van der Waals surface area contributed by atoms with E-state index in [-0.39, 0.29) is 0 Å². The summed E-state index contributed by atoms with van der Waals surface area (Å²) in [6.45, 7) is 4.85. The van der Waals surface area contributed by atoms with Gasteiger partial charge in [0.05, 0.1) is 6.61 Å². The molecular weight excluding hydrogens is 260 g/mol. The number of ether oxygens (including phenoxy) is 1. The van der Waals surface area contributed by atoms with Crippen LogP contribution in [-0.2, 0) is 0 Å². The minimum atomic E-state index is 0.714. The third kappa shape index (κ3) is 1.55. The van der Waals surface area contributed by atoms with Crippen LogP contribution >= 0.6 is 27.3 Å². The fourth-order valence-corrected chi connectivity index (χ4v) is 3.13. The predicted molar refractivity (Wildman–Crippen MR) is 65.4 cm³/mol. The Morgan fingerprint density at radius 2 is 2.21 bits per heavy atom. The number of thiophene rings is 1. The molecule has 0 fully saturated rings. The molecule has 1 aromatic heterocycles. The van der Waals surface area contributed by atoms with E-state index in [0.717, 1.165) is 10.2 Å². The van der Waals surface area contributed by atoms with Gasteiger partial charge in [-0.3, -0.25) is 0 Å². The van der Waals surface area contributed by atoms with Crippen molar-refractivity contribution >= 4 is 37.4 Å². The first-order valence-electron chi connectivity index (χ1n) is 4.53. The Balaban J connectivity index is 2.70. The molecule has 0 N–H and O–H groups in total. The van der Waals surface area contributed by atoms with E-state index in [4.69, 9.17) is 4.74 Å². The highest BCUT2D eigenvalue weighted by molar-refractivity contribution is 9.10. The second-order valence-electron chi connectivity index (χ2n) is 3.10. The number of fused-ring (bicyclic) bond motifs is 1. The highest BCUT2D eigenvalue weighted by Crippen LogP contribution is 2.39. The van der Waals surface area contributed by atoms with E-state index < -0.39 is 0 Å². The van der Waals surface area contributed by atoms with Gasteiger partial charge in [0.15, 0.2) is 0 Å². The molecule has 0 saturated carbocycles. The Kier molecular flexibility index (Phi) is 2.79. The molecule has 0 aliphatic rings. The molecule has 2 rings (SSSR count). The van der Waals surface area contributed by atoms with E-state index in [1.807, 2.05) is 6.92 Å². The van der Waals surface area contributed by atoms with Crippen LogP contribution < -0.4 is 4.74 Å². The van der Waals surface area contributed by atoms with Crippen molar-refractivity contribution in [1.29, 1.82) is 0 Å². The summed E-state index contributed by atoms with van der Waals surface area (Å²) in [6.07, 6.45) is 0. The fraction of sp³-hybridized carbons (Fsp3) is 0.273. The molecule has 0 bridgehead atoms. The molecule has 0 amide bonds. The third-order valence-corrected chi connectivity index (χ3v) is 3.89. The Labute approximate surface area is 95.8 Å². The number of aryl methyl sites for hydroxylation is 1. The minimum Gasteiger partial charge on any atom is -0.492 e. The molecule has 2 aromatic rings. The molecule has 0 aliphatic heterocycles. The van der Waals surface area contributed by atoms with Crippen molar-refractivity contribution in [2.75, 3.05) is 6.61 Å². The summed E-state index contributed by atoms with van der Waals surface area (Å²) in [5.41, 5.74) is 1.30. The zero-order valence-corrected chi connectivity index (χ0v) is 10.5. The van der Waals surface area contributed by atoms with Gasteiger partial charge in [0.1, 0.15) is 5.75 Å². The molecule has 0 atom stereocenters. The van der Waals surface area contributed by atoms with Crippen LogP contribution in [0.1, 0.15) is 12.5 Å². The van der Waals surface area contributed by atoms with E-state index in [2.05, 4.69) is 40.4 Å². The Hall–Kier alpha value is -0.540. The molecule has 74 valence electrons. The van der Waals surface area contributed by atoms with Gasteiger partial charge < -0.3 is 4.74 Å². The lowest BCUT2D eigenvalue weighted by Crippen LogP contribution is -1.89. The van der Waals surface area contributed by atoms with Gasteiger partial charge in [0.25, 0.3) is 0 Å². The number of hydrogen-bond donors (Lipinski definition) is 0. The Morgan fingerprint density at radius 1 is 1.43 bits per heavy atom. The molecule has 0 spiro atoms. The number of benzene rings is 1. The van der Waals surface area contributed by atoms with Crippen molar-refractivity contribution in [3.05, 3.63) is 27.5 Å². The largest absolute Gasteiger partial charge is 0.492 e. The molecule has 3 heteroatoms. The van der Waals surface area contributed by atoms with Crippen molar-refractivity contribution in [2.45, 2.75) is 13.8 Å². The average molecular weight is 271 g/mol. The van der Waals surface area contributed by atoms with Gasteiger partial charge >= 0.3 is 0 Å². The lowest BCUT2D eigenvalue weighted by Gasteiger charge is -2.03. The van der Waals surface area contributed by atoms with E-state index >= 15 is 0 Å². The summed E-state index contributed by atoms with van der Waals surface area (Å²) in [5, 5.41) is 3.28. The summed E-state index contributed by atoms with van der Waals surface area (Å²) < 4.78 is 8.00. The molecule has 1 heterocycles. The highest BCUT2D eigenvalue weighted by Gasteiger charge is 2.09. The first-order chi connectivity index (χ1) is 6.74. The molecule has 0 aliphatic carbocycles. The van der Waals surface area contributed by atoms with Crippen molar-refractivity contribution in [2.24, 2.45) is 0 Å². The second kappa shape index (κ2) is 3.91. The summed E-state index contributed by atoms with van der Waals surface area (Å²) in [7, 11) is 0. The topological polar surface area (TPSA) is 9.23 Å². The van der Waals surface area contributed by atoms with Gasteiger partial charge in [-0.2, -0.15) is 0 Å². The van der Waals surface area contributed by atoms with Crippen LogP contribution in [0, 0.1) is 6.92 Å². The number of halogens is 1. The Morgan fingerprint density at radius 3 is 2.93 bits per heavy atom. The summed E-state index contributed by atoms with van der Waals surface area (Å²) >= 11 is 5.30. The Bertz CT molecular complexity index is 462. The maximum Gasteiger partial charge on any atom is 0.138 e. The molecule has 1 nitrogen and oxygen atoms in total. The molecule has 1 aromatic carbocycles. The van der Waals surface area contributed by atoms with Crippen LogP contribution in [0.3, 0.4) is 0 Å².